The number of imide groups is 1. The van der Waals surface area contributed by atoms with Crippen LogP contribution in [0.25, 0.3) is 5.57 Å². The molecule has 1 saturated heterocycles. The Morgan fingerprint density at radius 1 is 0.900 bits per heavy atom. The summed E-state index contributed by atoms with van der Waals surface area (Å²) in [6, 6.07) is 19.0. The molecular weight excluding hydrogens is 1010 g/mol. The fourth-order valence-electron chi connectivity index (χ4n) is 8.30. The van der Waals surface area contributed by atoms with Crippen molar-refractivity contribution in [3.05, 3.63) is 118 Å². The third kappa shape index (κ3) is 17.1. The number of carbonyl (C=O) groups is 3. The number of unbranched alkanes of at least 4 members (excludes halogenated alkanes) is 3. The molecule has 17 nitrogen and oxygen atoms in total. The van der Waals surface area contributed by atoms with Crippen LogP contribution in [0.4, 0.5) is 11.5 Å². The van der Waals surface area contributed by atoms with Gasteiger partial charge in [0.2, 0.25) is 0 Å². The maximum Gasteiger partial charge on any atom is 1.00 e. The number of hydrogen-bond acceptors (Lipinski definition) is 15. The van der Waals surface area contributed by atoms with Gasteiger partial charge in [-0.25, -0.2) is 26.2 Å². The molecule has 3 aliphatic rings. The second-order valence-electron chi connectivity index (χ2n) is 17.5. The van der Waals surface area contributed by atoms with Gasteiger partial charge in [-0.3, -0.25) is 9.59 Å². The van der Waals surface area contributed by atoms with E-state index >= 15 is 0 Å². The molecule has 23 heteroatoms. The molecule has 0 bridgehead atoms. The van der Waals surface area contributed by atoms with Gasteiger partial charge in [0.25, 0.3) is 11.8 Å². The van der Waals surface area contributed by atoms with Crippen molar-refractivity contribution in [2.45, 2.75) is 109 Å². The molecule has 2 aromatic carbocycles. The standard InChI is InChI=1S/C47H55ClN4O10S2.2Na.O3S/c1-46(2)38-31-36(48)32-50(26-9-11-28-63(56,57)58)45(38)49-40(46)22-20-34(35-16-13-15-33(30-35)14-5-8-19-44(55)62-52-42(53)24-25-43(52)54)21-23-41-47(3,4)37-17-6-7-18-39(37)51(41)27-10-12-29-64(59,60)61;;;1-4(2)3/h7,13,15-18,20-23,30-32H,5,8-12,14,19,24-29H2,1-4H3,(H,56,57,58)(H,59,60,61);;;/q;2*+1;/p-2. The molecule has 1 aromatic heterocycles. The van der Waals surface area contributed by atoms with Crippen LogP contribution in [0.5, 0.6) is 0 Å². The average Bonchev–Trinajstić information content (AvgIpc) is 3.78. The van der Waals surface area contributed by atoms with E-state index in [9.17, 15) is 40.3 Å². The molecule has 0 radical (unpaired) electrons. The van der Waals surface area contributed by atoms with Crippen LogP contribution >= 0.6 is 11.6 Å². The number of aliphatic imine (C=N–C) groups is 1. The first kappa shape index (κ1) is 60.9. The number of benzene rings is 2. The van der Waals surface area contributed by atoms with Gasteiger partial charge in [0.15, 0.2) is 5.71 Å². The Bertz CT molecular complexity index is 2880. The van der Waals surface area contributed by atoms with Crippen LogP contribution < -0.4 is 68.6 Å². The third-order valence-corrected chi connectivity index (χ3v) is 13.6. The van der Waals surface area contributed by atoms with Crippen LogP contribution in [0.15, 0.2) is 89.7 Å². The van der Waals surface area contributed by atoms with E-state index in [0.717, 1.165) is 44.9 Å². The van der Waals surface area contributed by atoms with Crippen molar-refractivity contribution >= 4 is 83.0 Å². The first-order valence-electron chi connectivity index (χ1n) is 21.9. The molecule has 366 valence electrons. The molecule has 0 N–H and O–H groups in total. The predicted octanol–water partition coefficient (Wildman–Crippen LogP) is 0.0876. The summed E-state index contributed by atoms with van der Waals surface area (Å²) >= 11 is 6.60. The third-order valence-electron chi connectivity index (χ3n) is 11.8. The molecule has 1 fully saturated rings. The number of hydrogen-bond donors (Lipinski definition) is 0. The molecule has 0 aliphatic carbocycles. The fourth-order valence-corrected chi connectivity index (χ4v) is 9.65. The quantitative estimate of drug-likeness (QED) is 0.0277. The number of fused-ring (bicyclic) bond motifs is 2. The predicted molar refractivity (Wildman–Crippen MR) is 251 cm³/mol. The van der Waals surface area contributed by atoms with Gasteiger partial charge in [0.05, 0.1) is 42.8 Å². The van der Waals surface area contributed by atoms with E-state index in [-0.39, 0.29) is 91.2 Å². The zero-order valence-electron chi connectivity index (χ0n) is 40.1. The maximum absolute atomic E-state index is 12.4. The van der Waals surface area contributed by atoms with Crippen LogP contribution in [-0.2, 0) is 73.9 Å². The summed E-state index contributed by atoms with van der Waals surface area (Å²) in [5.41, 5.74) is 6.44. The molecule has 3 aliphatic heterocycles. The smallest absolute Gasteiger partial charge is 0.748 e. The number of halogens is 1. The van der Waals surface area contributed by atoms with E-state index in [0.29, 0.717) is 61.1 Å². The summed E-state index contributed by atoms with van der Waals surface area (Å²) in [4.78, 5) is 48.4. The first-order valence-corrected chi connectivity index (χ1v) is 26.4. The summed E-state index contributed by atoms with van der Waals surface area (Å²) < 4.78 is 95.1. The minimum absolute atomic E-state index is 0. The molecule has 0 saturated carbocycles. The Balaban J connectivity index is 0.00000208. The number of rotatable bonds is 20. The van der Waals surface area contributed by atoms with Crippen molar-refractivity contribution in [2.75, 3.05) is 23.0 Å². The topological polar surface area (TPSA) is 249 Å². The van der Waals surface area contributed by atoms with E-state index in [4.69, 9.17) is 34.1 Å². The Morgan fingerprint density at radius 3 is 2.19 bits per heavy atom. The van der Waals surface area contributed by atoms with Crippen molar-refractivity contribution in [1.82, 2.24) is 5.06 Å². The van der Waals surface area contributed by atoms with Gasteiger partial charge in [0, 0.05) is 43.0 Å². The molecular formula is C47H53ClN4Na2O13S3. The van der Waals surface area contributed by atoms with Crippen molar-refractivity contribution in [2.24, 2.45) is 4.99 Å². The Morgan fingerprint density at radius 2 is 1.54 bits per heavy atom. The van der Waals surface area contributed by atoms with E-state index in [1.807, 2.05) is 65.3 Å². The van der Waals surface area contributed by atoms with Gasteiger partial charge < -0.3 is 18.8 Å². The minimum Gasteiger partial charge on any atom is -0.748 e. The van der Waals surface area contributed by atoms with Crippen molar-refractivity contribution in [3.8, 4) is 0 Å². The van der Waals surface area contributed by atoms with Crippen molar-refractivity contribution < 1.29 is 121 Å². The second-order valence-corrected chi connectivity index (χ2v) is 21.4. The summed E-state index contributed by atoms with van der Waals surface area (Å²) in [7, 11) is -11.8. The fraction of sp³-hybridized carbons (Fsp3) is 0.426. The Kier molecular flexibility index (Phi) is 23.1. The molecule has 0 spiro atoms. The number of carbonyl (C=O) groups excluding carboxylic acids is 3. The number of nitrogens with zero attached hydrogens (tertiary/aromatic N) is 4. The number of aryl methyl sites for hydroxylation is 2. The molecule has 2 amide bonds. The molecule has 0 unspecified atom stereocenters. The first-order chi connectivity index (χ1) is 31.9. The number of anilines is 1. The van der Waals surface area contributed by atoms with Crippen LogP contribution in [0.1, 0.15) is 108 Å². The summed E-state index contributed by atoms with van der Waals surface area (Å²) in [5.74, 6) is -1.86. The molecule has 0 atom stereocenters. The molecule has 70 heavy (non-hydrogen) atoms. The van der Waals surface area contributed by atoms with E-state index in [1.165, 1.54) is 0 Å². The largest absolute Gasteiger partial charge is 1.00 e. The Labute approximate surface area is 460 Å². The zero-order chi connectivity index (χ0) is 50.0. The van der Waals surface area contributed by atoms with Crippen LogP contribution in [0.3, 0.4) is 0 Å². The van der Waals surface area contributed by atoms with Gasteiger partial charge in [-0.2, -0.15) is 18.2 Å². The van der Waals surface area contributed by atoms with Gasteiger partial charge >= 0.3 is 81.5 Å². The van der Waals surface area contributed by atoms with E-state index in [2.05, 4.69) is 50.8 Å². The number of hydroxylamine groups is 2. The summed E-state index contributed by atoms with van der Waals surface area (Å²) in [6.07, 6.45) is 13.1. The van der Waals surface area contributed by atoms with Gasteiger partial charge in [-0.15, -0.1) is 29.3 Å². The number of aromatic nitrogens is 1. The van der Waals surface area contributed by atoms with Crippen LogP contribution in [0.2, 0.25) is 5.02 Å². The van der Waals surface area contributed by atoms with E-state index < -0.39 is 71.0 Å². The number of amides is 2. The second kappa shape index (κ2) is 26.5. The number of allylic oxidation sites excluding steroid dienone is 6. The Hall–Kier alpha value is -3.38. The van der Waals surface area contributed by atoms with Crippen molar-refractivity contribution in [1.29, 1.82) is 0 Å². The molecule has 3 aromatic rings. The monoisotopic (exact) mass is 1060 g/mol. The van der Waals surface area contributed by atoms with Gasteiger partial charge in [-0.1, -0.05) is 67.6 Å². The zero-order valence-corrected chi connectivity index (χ0v) is 47.3. The average molecular weight is 1060 g/mol. The van der Waals surface area contributed by atoms with Crippen LogP contribution in [0, 0.1) is 6.07 Å². The van der Waals surface area contributed by atoms with Gasteiger partial charge in [-0.05, 0) is 104 Å². The molecule has 4 heterocycles. The molecule has 6 rings (SSSR count). The van der Waals surface area contributed by atoms with E-state index in [1.54, 1.807) is 6.20 Å². The minimum atomic E-state index is -4.34. The SMILES string of the molecule is CC1(C)C(=CC=C(C=CC2=Nc3c(cc(Cl)c[n+]3CCCCS(=O)(=O)[O-])C2(C)C)c2cccc(CCCCC(=O)ON3C(=O)CCC3=O)c2)N(CCCCS(=O)(=O)[O-])c2cc[c-]cc21.O=S(=O)=O.[Na+].[Na+]. The van der Waals surface area contributed by atoms with Crippen LogP contribution in [-0.4, -0.2) is 85.2 Å². The summed E-state index contributed by atoms with van der Waals surface area (Å²) in [5, 5.41) is 1.06. The van der Waals surface area contributed by atoms with Gasteiger partial charge in [0.1, 0.15) is 6.20 Å². The van der Waals surface area contributed by atoms with Crippen molar-refractivity contribution in [3.63, 3.8) is 0 Å². The summed E-state index contributed by atoms with van der Waals surface area (Å²) in [6.45, 7) is 9.27. The number of pyridine rings is 1. The maximum atomic E-state index is 12.4. The normalized spacial score (nSPS) is 16.5.